The molecular formula is C21H18N4OS. The van der Waals surface area contributed by atoms with E-state index in [-0.39, 0.29) is 5.91 Å². The van der Waals surface area contributed by atoms with E-state index in [4.69, 9.17) is 12.2 Å². The number of hydrogen-bond donors (Lipinski definition) is 2. The number of nitrogens with one attached hydrogen (secondary N) is 2. The van der Waals surface area contributed by atoms with Gasteiger partial charge in [-0.3, -0.25) is 14.3 Å². The van der Waals surface area contributed by atoms with Crippen molar-refractivity contribution in [3.05, 3.63) is 89.1 Å². The smallest absolute Gasteiger partial charge is 0.269 e. The molecule has 0 saturated carbocycles. The van der Waals surface area contributed by atoms with Crippen LogP contribution in [-0.2, 0) is 6.42 Å². The summed E-state index contributed by atoms with van der Waals surface area (Å²) in [6.45, 7) is 0.515. The van der Waals surface area contributed by atoms with E-state index in [0.29, 0.717) is 23.4 Å². The van der Waals surface area contributed by atoms with Gasteiger partial charge in [0.15, 0.2) is 4.77 Å². The lowest BCUT2D eigenvalue weighted by atomic mass is 10.1. The molecular weight excluding hydrogens is 356 g/mol. The normalized spacial score (nSPS) is 10.8. The van der Waals surface area contributed by atoms with Crippen LogP contribution in [-0.4, -0.2) is 27.0 Å². The predicted molar refractivity (Wildman–Crippen MR) is 109 cm³/mol. The molecule has 4 aromatic rings. The summed E-state index contributed by atoms with van der Waals surface area (Å²) in [5.74, 6) is -0.167. The van der Waals surface area contributed by atoms with E-state index < -0.39 is 0 Å². The van der Waals surface area contributed by atoms with Gasteiger partial charge in [-0.25, -0.2) is 0 Å². The molecule has 134 valence electrons. The molecule has 4 rings (SSSR count). The standard InChI is InChI=1S/C21H18N4OS/c26-20(18-14-24-21(27)25(18)17-9-2-1-3-10-17)23-13-11-16-7-4-6-15-8-5-12-22-19(15)16/h1-10,12,14H,11,13H2,(H,23,26)(H,24,27). The first-order valence-electron chi connectivity index (χ1n) is 8.71. The van der Waals surface area contributed by atoms with Crippen LogP contribution in [0.3, 0.4) is 0 Å². The van der Waals surface area contributed by atoms with Gasteiger partial charge in [0.1, 0.15) is 5.69 Å². The maximum atomic E-state index is 12.7. The van der Waals surface area contributed by atoms with Crippen LogP contribution in [0.25, 0.3) is 16.6 Å². The largest absolute Gasteiger partial charge is 0.350 e. The second-order valence-electron chi connectivity index (χ2n) is 6.15. The summed E-state index contributed by atoms with van der Waals surface area (Å²) in [4.78, 5) is 20.1. The Labute approximate surface area is 161 Å². The first-order valence-corrected chi connectivity index (χ1v) is 9.11. The van der Waals surface area contributed by atoms with Crippen LogP contribution in [0, 0.1) is 4.77 Å². The number of nitrogens with zero attached hydrogens (tertiary/aromatic N) is 2. The molecule has 2 aromatic carbocycles. The lowest BCUT2D eigenvalue weighted by Gasteiger charge is -2.10. The summed E-state index contributed by atoms with van der Waals surface area (Å²) >= 11 is 5.34. The molecule has 6 heteroatoms. The minimum Gasteiger partial charge on any atom is -0.350 e. The van der Waals surface area contributed by atoms with Gasteiger partial charge in [0, 0.05) is 30.0 Å². The zero-order valence-electron chi connectivity index (χ0n) is 14.6. The number of fused-ring (bicyclic) bond motifs is 1. The monoisotopic (exact) mass is 374 g/mol. The fourth-order valence-corrected chi connectivity index (χ4v) is 3.40. The fourth-order valence-electron chi connectivity index (χ4n) is 3.14. The summed E-state index contributed by atoms with van der Waals surface area (Å²) in [7, 11) is 0. The Morgan fingerprint density at radius 2 is 1.89 bits per heavy atom. The van der Waals surface area contributed by atoms with Crippen molar-refractivity contribution in [2.45, 2.75) is 6.42 Å². The molecule has 0 bridgehead atoms. The van der Waals surface area contributed by atoms with E-state index >= 15 is 0 Å². The van der Waals surface area contributed by atoms with E-state index in [2.05, 4.69) is 15.3 Å². The van der Waals surface area contributed by atoms with Gasteiger partial charge in [-0.05, 0) is 42.4 Å². The van der Waals surface area contributed by atoms with E-state index in [1.54, 1.807) is 17.0 Å². The number of carbonyl (C=O) groups is 1. The van der Waals surface area contributed by atoms with E-state index in [9.17, 15) is 4.79 Å². The number of carbonyl (C=O) groups excluding carboxylic acids is 1. The molecule has 0 fully saturated rings. The number of pyridine rings is 1. The highest BCUT2D eigenvalue weighted by Gasteiger charge is 2.14. The highest BCUT2D eigenvalue weighted by atomic mass is 32.1. The fraction of sp³-hybridized carbons (Fsp3) is 0.0952. The van der Waals surface area contributed by atoms with Gasteiger partial charge in [-0.1, -0.05) is 42.5 Å². The number of amides is 1. The van der Waals surface area contributed by atoms with Crippen LogP contribution >= 0.6 is 12.2 Å². The minimum absolute atomic E-state index is 0.167. The van der Waals surface area contributed by atoms with Crippen molar-refractivity contribution in [1.29, 1.82) is 0 Å². The van der Waals surface area contributed by atoms with Gasteiger partial charge < -0.3 is 10.3 Å². The molecule has 0 atom stereocenters. The maximum absolute atomic E-state index is 12.7. The number of H-pyrrole nitrogens is 1. The molecule has 0 aliphatic carbocycles. The summed E-state index contributed by atoms with van der Waals surface area (Å²) in [6.07, 6.45) is 4.14. The molecule has 2 N–H and O–H groups in total. The van der Waals surface area contributed by atoms with E-state index in [1.165, 1.54) is 0 Å². The Morgan fingerprint density at radius 1 is 1.07 bits per heavy atom. The topological polar surface area (TPSA) is 62.7 Å². The number of aromatic amines is 1. The predicted octanol–water partition coefficient (Wildman–Crippen LogP) is 4.06. The van der Waals surface area contributed by atoms with Crippen LogP contribution in [0.1, 0.15) is 16.1 Å². The Morgan fingerprint density at radius 3 is 2.74 bits per heavy atom. The molecule has 0 saturated heterocycles. The molecule has 2 aromatic heterocycles. The van der Waals surface area contributed by atoms with Crippen LogP contribution in [0.2, 0.25) is 0 Å². The van der Waals surface area contributed by atoms with Crippen molar-refractivity contribution < 1.29 is 4.79 Å². The molecule has 0 aliphatic rings. The zero-order chi connectivity index (χ0) is 18.6. The van der Waals surface area contributed by atoms with Crippen molar-refractivity contribution in [2.24, 2.45) is 0 Å². The SMILES string of the molecule is O=C(NCCc1cccc2cccnc12)c1c[nH]c(=S)n1-c1ccccc1. The van der Waals surface area contributed by atoms with Gasteiger partial charge in [0.2, 0.25) is 0 Å². The number of benzene rings is 2. The third kappa shape index (κ3) is 3.52. The second-order valence-corrected chi connectivity index (χ2v) is 6.53. The van der Waals surface area contributed by atoms with Crippen molar-refractivity contribution in [2.75, 3.05) is 6.54 Å². The number of hydrogen-bond acceptors (Lipinski definition) is 3. The van der Waals surface area contributed by atoms with Crippen molar-refractivity contribution in [3.63, 3.8) is 0 Å². The Kier molecular flexibility index (Phi) is 4.80. The van der Waals surface area contributed by atoms with E-state index in [0.717, 1.165) is 22.2 Å². The third-order valence-electron chi connectivity index (χ3n) is 4.42. The van der Waals surface area contributed by atoms with Crippen molar-refractivity contribution >= 4 is 29.0 Å². The van der Waals surface area contributed by atoms with Crippen molar-refractivity contribution in [3.8, 4) is 5.69 Å². The Balaban J connectivity index is 1.50. The van der Waals surface area contributed by atoms with Gasteiger partial charge in [-0.15, -0.1) is 0 Å². The van der Waals surface area contributed by atoms with Crippen molar-refractivity contribution in [1.82, 2.24) is 19.9 Å². The summed E-state index contributed by atoms with van der Waals surface area (Å²) in [5, 5.41) is 4.08. The van der Waals surface area contributed by atoms with Gasteiger partial charge in [-0.2, -0.15) is 0 Å². The summed E-state index contributed by atoms with van der Waals surface area (Å²) in [6, 6.07) is 19.7. The van der Waals surface area contributed by atoms with Crippen LogP contribution < -0.4 is 5.32 Å². The second kappa shape index (κ2) is 7.55. The average molecular weight is 374 g/mol. The van der Waals surface area contributed by atoms with Gasteiger partial charge >= 0.3 is 0 Å². The van der Waals surface area contributed by atoms with Crippen LogP contribution in [0.5, 0.6) is 0 Å². The summed E-state index contributed by atoms with van der Waals surface area (Å²) < 4.78 is 2.23. The maximum Gasteiger partial charge on any atom is 0.269 e. The molecule has 2 heterocycles. The quantitative estimate of drug-likeness (QED) is 0.518. The molecule has 1 amide bonds. The van der Waals surface area contributed by atoms with Gasteiger partial charge in [0.05, 0.1) is 5.52 Å². The number of aromatic nitrogens is 3. The molecule has 0 unspecified atom stereocenters. The molecule has 0 aliphatic heterocycles. The summed E-state index contributed by atoms with van der Waals surface area (Å²) in [5.41, 5.74) is 3.43. The lowest BCUT2D eigenvalue weighted by Crippen LogP contribution is -2.27. The Hall–Kier alpha value is -3.25. The lowest BCUT2D eigenvalue weighted by molar-refractivity contribution is 0.0947. The zero-order valence-corrected chi connectivity index (χ0v) is 15.4. The number of imidazole rings is 1. The molecule has 27 heavy (non-hydrogen) atoms. The third-order valence-corrected chi connectivity index (χ3v) is 4.72. The first kappa shape index (κ1) is 17.2. The number of rotatable bonds is 5. The minimum atomic E-state index is -0.167. The van der Waals surface area contributed by atoms with Crippen LogP contribution in [0.4, 0.5) is 0 Å². The highest BCUT2D eigenvalue weighted by Crippen LogP contribution is 2.16. The van der Waals surface area contributed by atoms with E-state index in [1.807, 2.05) is 60.7 Å². The molecule has 5 nitrogen and oxygen atoms in total. The van der Waals surface area contributed by atoms with Gasteiger partial charge in [0.25, 0.3) is 5.91 Å². The Bertz CT molecular complexity index is 1140. The molecule has 0 spiro atoms. The average Bonchev–Trinajstić information content (AvgIpc) is 3.10. The number of para-hydroxylation sites is 2. The van der Waals surface area contributed by atoms with Crippen LogP contribution in [0.15, 0.2) is 73.1 Å². The molecule has 0 radical (unpaired) electrons. The highest BCUT2D eigenvalue weighted by molar-refractivity contribution is 7.71. The first-order chi connectivity index (χ1) is 13.2.